The van der Waals surface area contributed by atoms with E-state index in [2.05, 4.69) is 53.1 Å². The molecule has 0 fully saturated rings. The van der Waals surface area contributed by atoms with Crippen LogP contribution in [0.4, 0.5) is 0 Å². The molecule has 4 nitrogen and oxygen atoms in total. The van der Waals surface area contributed by atoms with E-state index in [0.717, 1.165) is 27.5 Å². The highest BCUT2D eigenvalue weighted by atomic mass is 16.1. The lowest BCUT2D eigenvalue weighted by atomic mass is 9.93. The highest BCUT2D eigenvalue weighted by molar-refractivity contribution is 5.78. The Hall–Kier alpha value is -2.97. The SMILES string of the molecule is CCC(=O)NC1=C(Cc2ncnc3c2=CC=C=CC=3)C=CC(C)(C)C=C1. The Balaban J connectivity index is 2.06. The molecule has 1 aromatic heterocycles. The second-order valence-corrected chi connectivity index (χ2v) is 6.96. The largest absolute Gasteiger partial charge is 0.326 e. The molecule has 1 heterocycles. The number of nitrogens with one attached hydrogen (secondary N) is 1. The molecular formula is C22H23N3O. The normalized spacial score (nSPS) is 17.0. The van der Waals surface area contributed by atoms with Crippen LogP contribution in [0.15, 0.2) is 59.8 Å². The van der Waals surface area contributed by atoms with Crippen LogP contribution >= 0.6 is 0 Å². The van der Waals surface area contributed by atoms with Gasteiger partial charge in [0.05, 0.1) is 11.0 Å². The summed E-state index contributed by atoms with van der Waals surface area (Å²) < 4.78 is 0. The van der Waals surface area contributed by atoms with E-state index >= 15 is 0 Å². The minimum atomic E-state index is -0.0704. The molecule has 1 N–H and O–H groups in total. The summed E-state index contributed by atoms with van der Waals surface area (Å²) in [5.74, 6) is 0.00352. The number of allylic oxidation sites excluding steroid dienone is 6. The van der Waals surface area contributed by atoms with Crippen LogP contribution < -0.4 is 15.9 Å². The predicted molar refractivity (Wildman–Crippen MR) is 104 cm³/mol. The van der Waals surface area contributed by atoms with Crippen LogP contribution in [0.2, 0.25) is 0 Å². The van der Waals surface area contributed by atoms with Gasteiger partial charge in [0.25, 0.3) is 0 Å². The topological polar surface area (TPSA) is 54.9 Å². The van der Waals surface area contributed by atoms with Crippen molar-refractivity contribution in [1.29, 1.82) is 0 Å². The van der Waals surface area contributed by atoms with Crippen molar-refractivity contribution >= 4 is 18.1 Å². The lowest BCUT2D eigenvalue weighted by Crippen LogP contribution is -2.33. The Labute approximate surface area is 153 Å². The third-order valence-corrected chi connectivity index (χ3v) is 4.37. The molecule has 26 heavy (non-hydrogen) atoms. The van der Waals surface area contributed by atoms with Gasteiger partial charge in [-0.05, 0) is 36.0 Å². The van der Waals surface area contributed by atoms with E-state index in [9.17, 15) is 4.79 Å². The zero-order chi connectivity index (χ0) is 18.6. The summed E-state index contributed by atoms with van der Waals surface area (Å²) in [4.78, 5) is 20.8. The van der Waals surface area contributed by atoms with Crippen molar-refractivity contribution in [2.24, 2.45) is 5.41 Å². The molecule has 0 saturated heterocycles. The van der Waals surface area contributed by atoms with Gasteiger partial charge in [-0.3, -0.25) is 4.79 Å². The van der Waals surface area contributed by atoms with Crippen molar-refractivity contribution in [3.63, 3.8) is 0 Å². The summed E-state index contributed by atoms with van der Waals surface area (Å²) in [6, 6.07) is 0. The molecule has 1 aromatic rings. The molecule has 1 amide bonds. The number of carbonyl (C=O) groups excluding carboxylic acids is 1. The van der Waals surface area contributed by atoms with Crippen molar-refractivity contribution in [3.8, 4) is 0 Å². The van der Waals surface area contributed by atoms with Crippen molar-refractivity contribution in [3.05, 3.63) is 76.0 Å². The Morgan fingerprint density at radius 3 is 2.73 bits per heavy atom. The maximum atomic E-state index is 12.0. The third-order valence-electron chi connectivity index (χ3n) is 4.37. The van der Waals surface area contributed by atoms with Gasteiger partial charge in [-0.15, -0.1) is 5.73 Å². The average Bonchev–Trinajstić information content (AvgIpc) is 2.94. The fraction of sp³-hybridized carbons (Fsp3) is 0.273. The van der Waals surface area contributed by atoms with Crippen LogP contribution in [0.25, 0.3) is 12.2 Å². The number of hydrogen-bond acceptors (Lipinski definition) is 3. The fourth-order valence-corrected chi connectivity index (χ4v) is 2.78. The van der Waals surface area contributed by atoms with Gasteiger partial charge in [0.2, 0.25) is 5.91 Å². The van der Waals surface area contributed by atoms with Gasteiger partial charge in [-0.2, -0.15) is 0 Å². The Morgan fingerprint density at radius 1 is 1.15 bits per heavy atom. The summed E-state index contributed by atoms with van der Waals surface area (Å²) >= 11 is 0. The molecule has 0 unspecified atom stereocenters. The number of rotatable bonds is 4. The monoisotopic (exact) mass is 345 g/mol. The molecule has 0 bridgehead atoms. The first-order chi connectivity index (χ1) is 12.5. The van der Waals surface area contributed by atoms with Crippen molar-refractivity contribution in [2.45, 2.75) is 33.6 Å². The van der Waals surface area contributed by atoms with Crippen LogP contribution in [0.3, 0.4) is 0 Å². The fourth-order valence-electron chi connectivity index (χ4n) is 2.78. The van der Waals surface area contributed by atoms with E-state index < -0.39 is 0 Å². The summed E-state index contributed by atoms with van der Waals surface area (Å²) in [5.41, 5.74) is 5.78. The highest BCUT2D eigenvalue weighted by Crippen LogP contribution is 2.25. The number of fused-ring (bicyclic) bond motifs is 1. The third kappa shape index (κ3) is 4.16. The number of aromatic nitrogens is 2. The van der Waals surface area contributed by atoms with Gasteiger partial charge < -0.3 is 5.32 Å². The minimum absolute atomic E-state index is 0.00352. The molecule has 4 heteroatoms. The van der Waals surface area contributed by atoms with Crippen LogP contribution in [0.1, 0.15) is 32.9 Å². The molecule has 0 saturated carbocycles. The second-order valence-electron chi connectivity index (χ2n) is 6.96. The first-order valence-electron chi connectivity index (χ1n) is 8.83. The van der Waals surface area contributed by atoms with Gasteiger partial charge in [-0.1, -0.05) is 39.0 Å². The maximum Gasteiger partial charge on any atom is 0.224 e. The number of carbonyl (C=O) groups is 1. The Bertz CT molecular complexity index is 1000. The van der Waals surface area contributed by atoms with E-state index in [-0.39, 0.29) is 11.3 Å². The Morgan fingerprint density at radius 2 is 1.92 bits per heavy atom. The van der Waals surface area contributed by atoms with Crippen LogP contribution in [-0.2, 0) is 11.2 Å². The van der Waals surface area contributed by atoms with Crippen LogP contribution in [0.5, 0.6) is 0 Å². The van der Waals surface area contributed by atoms with Gasteiger partial charge in [0, 0.05) is 29.2 Å². The van der Waals surface area contributed by atoms with Crippen molar-refractivity contribution in [1.82, 2.24) is 15.3 Å². The van der Waals surface area contributed by atoms with E-state index in [1.54, 1.807) is 6.33 Å². The molecule has 0 aliphatic heterocycles. The van der Waals surface area contributed by atoms with Crippen LogP contribution in [-0.4, -0.2) is 15.9 Å². The van der Waals surface area contributed by atoms with Gasteiger partial charge >= 0.3 is 0 Å². The molecule has 0 spiro atoms. The second kappa shape index (κ2) is 7.51. The van der Waals surface area contributed by atoms with Gasteiger partial charge in [0.15, 0.2) is 0 Å². The lowest BCUT2D eigenvalue weighted by molar-refractivity contribution is -0.120. The summed E-state index contributed by atoms with van der Waals surface area (Å²) in [5, 5.41) is 4.89. The van der Waals surface area contributed by atoms with E-state index in [4.69, 9.17) is 0 Å². The molecule has 2 aliphatic carbocycles. The summed E-state index contributed by atoms with van der Waals surface area (Å²) in [6.07, 6.45) is 18.6. The van der Waals surface area contributed by atoms with E-state index in [0.29, 0.717) is 12.8 Å². The summed E-state index contributed by atoms with van der Waals surface area (Å²) in [7, 11) is 0. The first-order valence-corrected chi connectivity index (χ1v) is 8.83. The predicted octanol–water partition coefficient (Wildman–Crippen LogP) is 2.24. The average molecular weight is 345 g/mol. The quantitative estimate of drug-likeness (QED) is 0.852. The van der Waals surface area contributed by atoms with Gasteiger partial charge in [-0.25, -0.2) is 9.97 Å². The summed E-state index contributed by atoms with van der Waals surface area (Å²) in [6.45, 7) is 6.13. The molecule has 0 radical (unpaired) electrons. The minimum Gasteiger partial charge on any atom is -0.326 e. The zero-order valence-corrected chi connectivity index (χ0v) is 15.4. The molecular weight excluding hydrogens is 322 g/mol. The molecule has 132 valence electrons. The van der Waals surface area contributed by atoms with Crippen molar-refractivity contribution in [2.75, 3.05) is 0 Å². The number of nitrogens with zero attached hydrogens (tertiary/aromatic N) is 2. The molecule has 0 aromatic carbocycles. The number of amides is 1. The first kappa shape index (κ1) is 17.8. The maximum absolute atomic E-state index is 12.0. The smallest absolute Gasteiger partial charge is 0.224 e. The van der Waals surface area contributed by atoms with Crippen LogP contribution in [0, 0.1) is 5.41 Å². The van der Waals surface area contributed by atoms with E-state index in [1.165, 1.54) is 0 Å². The molecule has 0 atom stereocenters. The highest BCUT2D eigenvalue weighted by Gasteiger charge is 2.16. The molecule has 3 rings (SSSR count). The Kier molecular flexibility index (Phi) is 5.15. The lowest BCUT2D eigenvalue weighted by Gasteiger charge is -2.12. The number of hydrogen-bond donors (Lipinski definition) is 1. The molecule has 2 aliphatic rings. The van der Waals surface area contributed by atoms with Gasteiger partial charge in [0.1, 0.15) is 6.33 Å². The zero-order valence-electron chi connectivity index (χ0n) is 15.4. The van der Waals surface area contributed by atoms with Crippen molar-refractivity contribution < 1.29 is 4.79 Å². The van der Waals surface area contributed by atoms with E-state index in [1.807, 2.05) is 37.3 Å². The standard InChI is InChI=1S/C22H23N3O/c1-4-21(26)25-18-11-13-22(2,3)12-10-16(18)14-20-17-8-6-5-7-9-19(17)23-15-24-20/h6-13,15H,4,14H2,1-3H3,(H,25,26).